The Bertz CT molecular complexity index is 602. The minimum atomic E-state index is 0.262. The maximum atomic E-state index is 8.78. The number of nitriles is 1. The fourth-order valence-electron chi connectivity index (χ4n) is 2.00. The molecule has 0 radical (unpaired) electrons. The molecule has 0 fully saturated rings. The molecule has 1 unspecified atom stereocenters. The maximum Gasteiger partial charge on any atom is 0.149 e. The summed E-state index contributed by atoms with van der Waals surface area (Å²) in [6.45, 7) is 2.10. The predicted molar refractivity (Wildman–Crippen MR) is 81.2 cm³/mol. The van der Waals surface area contributed by atoms with E-state index in [4.69, 9.17) is 11.0 Å². The van der Waals surface area contributed by atoms with Gasteiger partial charge in [-0.3, -0.25) is 0 Å². The number of aryl methyl sites for hydroxylation is 1. The van der Waals surface area contributed by atoms with E-state index in [1.165, 1.54) is 11.8 Å². The van der Waals surface area contributed by atoms with Crippen LogP contribution < -0.4 is 11.1 Å². The molecule has 0 aliphatic rings. The van der Waals surface area contributed by atoms with Crippen molar-refractivity contribution in [2.45, 2.75) is 25.8 Å². The zero-order valence-corrected chi connectivity index (χ0v) is 11.5. The lowest BCUT2D eigenvalue weighted by molar-refractivity contribution is 0.703. The van der Waals surface area contributed by atoms with Gasteiger partial charge in [0.1, 0.15) is 11.9 Å². The fourth-order valence-corrected chi connectivity index (χ4v) is 2.00. The molecule has 0 aliphatic heterocycles. The molecule has 4 nitrogen and oxygen atoms in total. The minimum Gasteiger partial charge on any atom is -0.396 e. The Balaban J connectivity index is 1.91. The molecule has 0 amide bonds. The van der Waals surface area contributed by atoms with Crippen molar-refractivity contribution in [2.75, 3.05) is 11.1 Å². The lowest BCUT2D eigenvalue weighted by atomic mass is 10.1. The van der Waals surface area contributed by atoms with E-state index < -0.39 is 0 Å². The summed E-state index contributed by atoms with van der Waals surface area (Å²) in [4.78, 5) is 4.19. The molecule has 2 aromatic rings. The second kappa shape index (κ2) is 6.58. The summed E-state index contributed by atoms with van der Waals surface area (Å²) in [5.41, 5.74) is 8.18. The van der Waals surface area contributed by atoms with Gasteiger partial charge in [-0.15, -0.1) is 0 Å². The van der Waals surface area contributed by atoms with Crippen molar-refractivity contribution in [1.29, 1.82) is 5.26 Å². The Morgan fingerprint density at radius 3 is 2.75 bits per heavy atom. The molecule has 0 spiro atoms. The number of nitrogens with two attached hydrogens (primary N) is 1. The first-order valence-electron chi connectivity index (χ1n) is 6.65. The van der Waals surface area contributed by atoms with E-state index in [-0.39, 0.29) is 6.04 Å². The topological polar surface area (TPSA) is 74.7 Å². The zero-order valence-electron chi connectivity index (χ0n) is 11.5. The van der Waals surface area contributed by atoms with Crippen LogP contribution in [0.5, 0.6) is 0 Å². The molecule has 0 saturated heterocycles. The number of hydrogen-bond donors (Lipinski definition) is 2. The van der Waals surface area contributed by atoms with E-state index in [1.54, 1.807) is 6.07 Å². The van der Waals surface area contributed by atoms with Crippen LogP contribution in [0.1, 0.15) is 24.5 Å². The van der Waals surface area contributed by atoms with Gasteiger partial charge in [0.2, 0.25) is 0 Å². The lowest BCUT2D eigenvalue weighted by Gasteiger charge is -2.15. The molecule has 1 atom stereocenters. The molecule has 0 aliphatic carbocycles. The normalized spacial score (nSPS) is 11.6. The highest BCUT2D eigenvalue weighted by molar-refractivity contribution is 5.63. The highest BCUT2D eigenvalue weighted by atomic mass is 15.0. The van der Waals surface area contributed by atoms with Crippen LogP contribution >= 0.6 is 0 Å². The lowest BCUT2D eigenvalue weighted by Crippen LogP contribution is -2.18. The third kappa shape index (κ3) is 3.72. The number of anilines is 2. The summed E-state index contributed by atoms with van der Waals surface area (Å²) < 4.78 is 0. The average Bonchev–Trinajstić information content (AvgIpc) is 2.48. The first kappa shape index (κ1) is 13.9. The van der Waals surface area contributed by atoms with E-state index in [0.717, 1.165) is 12.8 Å². The Hall–Kier alpha value is -2.54. The second-order valence-electron chi connectivity index (χ2n) is 4.84. The molecule has 4 heteroatoms. The third-order valence-corrected chi connectivity index (χ3v) is 3.14. The zero-order chi connectivity index (χ0) is 14.4. The number of hydrogen-bond acceptors (Lipinski definition) is 4. The average molecular weight is 266 g/mol. The molecule has 1 heterocycles. The summed E-state index contributed by atoms with van der Waals surface area (Å²) in [6, 6.07) is 14.3. The monoisotopic (exact) mass is 266 g/mol. The van der Waals surface area contributed by atoms with Crippen LogP contribution in [0.15, 0.2) is 42.6 Å². The number of rotatable bonds is 5. The first-order chi connectivity index (χ1) is 9.69. The van der Waals surface area contributed by atoms with E-state index in [0.29, 0.717) is 17.1 Å². The van der Waals surface area contributed by atoms with Crippen molar-refractivity contribution in [3.05, 3.63) is 53.7 Å². The Labute approximate surface area is 119 Å². The predicted octanol–water partition coefficient (Wildman–Crippen LogP) is 2.97. The van der Waals surface area contributed by atoms with Crippen molar-refractivity contribution in [3.63, 3.8) is 0 Å². The van der Waals surface area contributed by atoms with Gasteiger partial charge < -0.3 is 11.1 Å². The Kier molecular flexibility index (Phi) is 4.56. The minimum absolute atomic E-state index is 0.262. The van der Waals surface area contributed by atoms with E-state index >= 15 is 0 Å². The van der Waals surface area contributed by atoms with Gasteiger partial charge in [-0.05, 0) is 31.4 Å². The number of nitrogen functional groups attached to an aromatic ring is 1. The molecule has 2 rings (SSSR count). The van der Waals surface area contributed by atoms with Gasteiger partial charge in [0, 0.05) is 12.2 Å². The summed E-state index contributed by atoms with van der Waals surface area (Å²) in [6.07, 6.45) is 3.53. The summed E-state index contributed by atoms with van der Waals surface area (Å²) in [7, 11) is 0. The van der Waals surface area contributed by atoms with Gasteiger partial charge in [-0.1, -0.05) is 30.3 Å². The van der Waals surface area contributed by atoms with Gasteiger partial charge in [-0.25, -0.2) is 4.98 Å². The van der Waals surface area contributed by atoms with Gasteiger partial charge >= 0.3 is 0 Å². The van der Waals surface area contributed by atoms with Crippen LogP contribution in [-0.4, -0.2) is 11.0 Å². The summed E-state index contributed by atoms with van der Waals surface area (Å²) >= 11 is 0. The van der Waals surface area contributed by atoms with Crippen molar-refractivity contribution >= 4 is 11.5 Å². The molecule has 20 heavy (non-hydrogen) atoms. The largest absolute Gasteiger partial charge is 0.396 e. The maximum absolute atomic E-state index is 8.78. The fraction of sp³-hybridized carbons (Fsp3) is 0.250. The molecule has 0 saturated carbocycles. The van der Waals surface area contributed by atoms with Gasteiger partial charge in [0.25, 0.3) is 0 Å². The van der Waals surface area contributed by atoms with Crippen LogP contribution in [0, 0.1) is 11.3 Å². The van der Waals surface area contributed by atoms with Crippen LogP contribution in [0.2, 0.25) is 0 Å². The Morgan fingerprint density at radius 1 is 1.35 bits per heavy atom. The third-order valence-electron chi connectivity index (χ3n) is 3.14. The number of nitrogens with zero attached hydrogens (tertiary/aromatic N) is 2. The molecule has 102 valence electrons. The van der Waals surface area contributed by atoms with Crippen LogP contribution in [-0.2, 0) is 6.42 Å². The summed E-state index contributed by atoms with van der Waals surface area (Å²) in [5.74, 6) is 0.643. The highest BCUT2D eigenvalue weighted by Gasteiger charge is 2.07. The van der Waals surface area contributed by atoms with Crippen LogP contribution in [0.3, 0.4) is 0 Å². The number of aromatic nitrogens is 1. The first-order valence-corrected chi connectivity index (χ1v) is 6.65. The van der Waals surface area contributed by atoms with E-state index in [2.05, 4.69) is 29.4 Å². The van der Waals surface area contributed by atoms with Gasteiger partial charge in [0.05, 0.1) is 11.3 Å². The highest BCUT2D eigenvalue weighted by Crippen LogP contribution is 2.18. The quantitative estimate of drug-likeness (QED) is 0.872. The van der Waals surface area contributed by atoms with Crippen molar-refractivity contribution < 1.29 is 0 Å². The van der Waals surface area contributed by atoms with E-state index in [1.807, 2.05) is 24.3 Å². The van der Waals surface area contributed by atoms with Crippen molar-refractivity contribution in [1.82, 2.24) is 4.98 Å². The van der Waals surface area contributed by atoms with Gasteiger partial charge in [0.15, 0.2) is 0 Å². The van der Waals surface area contributed by atoms with Crippen molar-refractivity contribution in [3.8, 4) is 6.07 Å². The standard InChI is InChI=1S/C16H18N4/c1-12(7-8-13-5-3-2-4-6-13)20-16-15(18)9-14(10-17)11-19-16/h2-6,9,11-12H,7-8,18H2,1H3,(H,19,20). The molecule has 1 aromatic carbocycles. The van der Waals surface area contributed by atoms with Crippen LogP contribution in [0.4, 0.5) is 11.5 Å². The second-order valence-corrected chi connectivity index (χ2v) is 4.84. The SMILES string of the molecule is CC(CCc1ccccc1)Nc1ncc(C#N)cc1N. The smallest absolute Gasteiger partial charge is 0.149 e. The van der Waals surface area contributed by atoms with Crippen LogP contribution in [0.25, 0.3) is 0 Å². The number of pyridine rings is 1. The molecular weight excluding hydrogens is 248 g/mol. The van der Waals surface area contributed by atoms with Crippen molar-refractivity contribution in [2.24, 2.45) is 0 Å². The molecule has 3 N–H and O–H groups in total. The van der Waals surface area contributed by atoms with E-state index in [9.17, 15) is 0 Å². The van der Waals surface area contributed by atoms with Gasteiger partial charge in [-0.2, -0.15) is 5.26 Å². The molecular formula is C16H18N4. The number of nitrogens with one attached hydrogen (secondary N) is 1. The Morgan fingerprint density at radius 2 is 2.10 bits per heavy atom. The number of benzene rings is 1. The molecule has 1 aromatic heterocycles. The summed E-state index contributed by atoms with van der Waals surface area (Å²) in [5, 5.41) is 12.1. The molecule has 0 bridgehead atoms.